The normalized spacial score (nSPS) is 12.8. The summed E-state index contributed by atoms with van der Waals surface area (Å²) >= 11 is 0. The third kappa shape index (κ3) is 3.73. The number of carbonyl (C=O) groups is 2. The topological polar surface area (TPSA) is 67.4 Å². The molecule has 0 unspecified atom stereocenters. The van der Waals surface area contributed by atoms with Crippen LogP contribution in [0.3, 0.4) is 0 Å². The lowest BCUT2D eigenvalue weighted by molar-refractivity contribution is -0.118. The molecule has 0 aromatic heterocycles. The third-order valence-corrected chi connectivity index (χ3v) is 3.63. The van der Waals surface area contributed by atoms with Crippen LogP contribution in [0.1, 0.15) is 12.0 Å². The van der Waals surface area contributed by atoms with E-state index in [9.17, 15) is 22.8 Å². The van der Waals surface area contributed by atoms with Gasteiger partial charge in [-0.25, -0.2) is 13.2 Å². The summed E-state index contributed by atoms with van der Waals surface area (Å²) in [7, 11) is 0. The molecule has 0 aliphatic carbocycles. The van der Waals surface area contributed by atoms with E-state index in [2.05, 4.69) is 10.6 Å². The van der Waals surface area contributed by atoms with Gasteiger partial charge in [0.25, 0.3) is 5.91 Å². The van der Waals surface area contributed by atoms with Gasteiger partial charge in [-0.15, -0.1) is 0 Å². The van der Waals surface area contributed by atoms with Gasteiger partial charge in [-0.2, -0.15) is 0 Å². The lowest BCUT2D eigenvalue weighted by atomic mass is 10.1. The highest BCUT2D eigenvalue weighted by atomic mass is 19.2. The number of amides is 2. The average Bonchev–Trinajstić information content (AvgIpc) is 2.60. The standard InChI is InChI=1S/C17H13F3N2O3/c18-10-3-4-11(17(20)16(10)19)21-14(23)6-2-9-1-5-13-12(7-9)22-15(24)8-25-13/h1,3-5,7H,2,6,8H2,(H,21,23)(H,22,24). The predicted octanol–water partition coefficient (Wildman–Crippen LogP) is 3.01. The second kappa shape index (κ2) is 6.84. The fourth-order valence-electron chi connectivity index (χ4n) is 2.38. The van der Waals surface area contributed by atoms with Crippen LogP contribution in [0.25, 0.3) is 0 Å². The van der Waals surface area contributed by atoms with Crippen molar-refractivity contribution in [3.05, 3.63) is 53.3 Å². The van der Waals surface area contributed by atoms with Crippen molar-refractivity contribution >= 4 is 23.2 Å². The number of nitrogens with one attached hydrogen (secondary N) is 2. The van der Waals surface area contributed by atoms with Gasteiger partial charge in [0.2, 0.25) is 5.91 Å². The number of carbonyl (C=O) groups excluding carboxylic acids is 2. The van der Waals surface area contributed by atoms with E-state index < -0.39 is 29.0 Å². The van der Waals surface area contributed by atoms with Gasteiger partial charge >= 0.3 is 0 Å². The maximum absolute atomic E-state index is 13.5. The van der Waals surface area contributed by atoms with Crippen LogP contribution in [0.2, 0.25) is 0 Å². The average molecular weight is 350 g/mol. The van der Waals surface area contributed by atoms with Crippen LogP contribution in [0.4, 0.5) is 24.5 Å². The number of fused-ring (bicyclic) bond motifs is 1. The van der Waals surface area contributed by atoms with Crippen LogP contribution in [0.5, 0.6) is 5.75 Å². The van der Waals surface area contributed by atoms with E-state index in [1.54, 1.807) is 18.2 Å². The summed E-state index contributed by atoms with van der Waals surface area (Å²) in [4.78, 5) is 23.2. The minimum Gasteiger partial charge on any atom is -0.482 e. The summed E-state index contributed by atoms with van der Waals surface area (Å²) in [6.07, 6.45) is 0.298. The molecule has 0 saturated carbocycles. The van der Waals surface area contributed by atoms with E-state index >= 15 is 0 Å². The molecule has 8 heteroatoms. The Morgan fingerprint density at radius 3 is 2.76 bits per heavy atom. The summed E-state index contributed by atoms with van der Waals surface area (Å²) in [6, 6.07) is 6.79. The van der Waals surface area contributed by atoms with E-state index in [1.165, 1.54) is 0 Å². The Hall–Kier alpha value is -3.03. The van der Waals surface area contributed by atoms with Gasteiger partial charge in [-0.05, 0) is 36.2 Å². The quantitative estimate of drug-likeness (QED) is 0.833. The molecule has 2 aromatic carbocycles. The van der Waals surface area contributed by atoms with E-state index in [4.69, 9.17) is 4.74 Å². The molecule has 1 heterocycles. The molecule has 2 amide bonds. The lowest BCUT2D eigenvalue weighted by Crippen LogP contribution is -2.25. The molecule has 0 saturated heterocycles. The molecular formula is C17H13F3N2O3. The Balaban J connectivity index is 1.62. The van der Waals surface area contributed by atoms with Gasteiger partial charge < -0.3 is 15.4 Å². The maximum atomic E-state index is 13.5. The van der Waals surface area contributed by atoms with Crippen LogP contribution in [0, 0.1) is 17.5 Å². The first kappa shape index (κ1) is 16.8. The first-order valence-electron chi connectivity index (χ1n) is 7.43. The lowest BCUT2D eigenvalue weighted by Gasteiger charge is -2.18. The van der Waals surface area contributed by atoms with Crippen LogP contribution in [-0.4, -0.2) is 18.4 Å². The van der Waals surface area contributed by atoms with Gasteiger partial charge in [0.05, 0.1) is 11.4 Å². The van der Waals surface area contributed by atoms with Crippen LogP contribution in [-0.2, 0) is 16.0 Å². The molecule has 2 N–H and O–H groups in total. The number of rotatable bonds is 4. The van der Waals surface area contributed by atoms with Crippen molar-refractivity contribution in [1.82, 2.24) is 0 Å². The van der Waals surface area contributed by atoms with Gasteiger partial charge in [0.1, 0.15) is 5.75 Å². The smallest absolute Gasteiger partial charge is 0.262 e. The number of hydrogen-bond acceptors (Lipinski definition) is 3. The summed E-state index contributed by atoms with van der Waals surface area (Å²) in [6.45, 7) is -0.0471. The van der Waals surface area contributed by atoms with Gasteiger partial charge in [0.15, 0.2) is 24.1 Å². The molecule has 0 atom stereocenters. The number of aryl methyl sites for hydroxylation is 1. The van der Waals surface area contributed by atoms with Gasteiger partial charge in [-0.1, -0.05) is 6.07 Å². The molecule has 25 heavy (non-hydrogen) atoms. The molecule has 0 fully saturated rings. The molecule has 0 radical (unpaired) electrons. The zero-order chi connectivity index (χ0) is 18.0. The predicted molar refractivity (Wildman–Crippen MR) is 83.8 cm³/mol. The minimum absolute atomic E-state index is 0.00791. The second-order valence-electron chi connectivity index (χ2n) is 5.44. The second-order valence-corrected chi connectivity index (χ2v) is 5.44. The molecule has 5 nitrogen and oxygen atoms in total. The number of hydrogen-bond donors (Lipinski definition) is 2. The summed E-state index contributed by atoms with van der Waals surface area (Å²) in [5.41, 5.74) is 0.848. The zero-order valence-electron chi connectivity index (χ0n) is 12.9. The van der Waals surface area contributed by atoms with E-state index in [0.29, 0.717) is 17.9 Å². The van der Waals surface area contributed by atoms with Gasteiger partial charge in [-0.3, -0.25) is 9.59 Å². The van der Waals surface area contributed by atoms with E-state index in [0.717, 1.165) is 17.7 Å². The maximum Gasteiger partial charge on any atom is 0.262 e. The SMILES string of the molecule is O=C1COc2ccc(CCC(=O)Nc3ccc(F)c(F)c3F)cc2N1. The molecular weight excluding hydrogens is 337 g/mol. The highest BCUT2D eigenvalue weighted by Gasteiger charge is 2.17. The first-order chi connectivity index (χ1) is 11.9. The fourth-order valence-corrected chi connectivity index (χ4v) is 2.38. The molecule has 130 valence electrons. The Morgan fingerprint density at radius 1 is 1.16 bits per heavy atom. The molecule has 3 rings (SSSR count). The molecule has 1 aliphatic heterocycles. The zero-order valence-corrected chi connectivity index (χ0v) is 12.9. The molecule has 2 aromatic rings. The van der Waals surface area contributed by atoms with Crippen LogP contribution < -0.4 is 15.4 Å². The Bertz CT molecular complexity index is 855. The van der Waals surface area contributed by atoms with E-state index in [1.807, 2.05) is 0 Å². The molecule has 0 bridgehead atoms. The Morgan fingerprint density at radius 2 is 1.96 bits per heavy atom. The number of benzene rings is 2. The van der Waals surface area contributed by atoms with Crippen LogP contribution >= 0.6 is 0 Å². The molecule has 1 aliphatic rings. The summed E-state index contributed by atoms with van der Waals surface area (Å²) < 4.78 is 44.8. The molecule has 0 spiro atoms. The Kier molecular flexibility index (Phi) is 4.60. The van der Waals surface area contributed by atoms with Crippen molar-refractivity contribution in [3.8, 4) is 5.75 Å². The van der Waals surface area contributed by atoms with Crippen molar-refractivity contribution < 1.29 is 27.5 Å². The van der Waals surface area contributed by atoms with Gasteiger partial charge in [0, 0.05) is 6.42 Å². The summed E-state index contributed by atoms with van der Waals surface area (Å²) in [5.74, 6) is -4.69. The van der Waals surface area contributed by atoms with Crippen LogP contribution in [0.15, 0.2) is 30.3 Å². The van der Waals surface area contributed by atoms with E-state index in [-0.39, 0.29) is 18.9 Å². The monoisotopic (exact) mass is 350 g/mol. The highest BCUT2D eigenvalue weighted by Crippen LogP contribution is 2.29. The minimum atomic E-state index is -1.64. The number of ether oxygens (including phenoxy) is 1. The van der Waals surface area contributed by atoms with Crippen molar-refractivity contribution in [3.63, 3.8) is 0 Å². The van der Waals surface area contributed by atoms with Crippen molar-refractivity contribution in [2.24, 2.45) is 0 Å². The third-order valence-electron chi connectivity index (χ3n) is 3.63. The van der Waals surface area contributed by atoms with Crippen molar-refractivity contribution in [2.75, 3.05) is 17.2 Å². The summed E-state index contributed by atoms with van der Waals surface area (Å²) in [5, 5.41) is 4.86. The van der Waals surface area contributed by atoms with Crippen molar-refractivity contribution in [2.45, 2.75) is 12.8 Å². The largest absolute Gasteiger partial charge is 0.482 e. The number of anilines is 2. The number of halogens is 3. The highest BCUT2D eigenvalue weighted by molar-refractivity contribution is 5.95. The van der Waals surface area contributed by atoms with Crippen molar-refractivity contribution in [1.29, 1.82) is 0 Å². The first-order valence-corrected chi connectivity index (χ1v) is 7.43. The Labute approximate surface area is 140 Å². The fraction of sp³-hybridized carbons (Fsp3) is 0.176.